The normalized spacial score (nSPS) is 11.2. The maximum absolute atomic E-state index is 5.74. The van der Waals surface area contributed by atoms with Crippen molar-refractivity contribution < 1.29 is 4.74 Å². The highest BCUT2D eigenvalue weighted by Gasteiger charge is 2.05. The van der Waals surface area contributed by atoms with E-state index < -0.39 is 0 Å². The van der Waals surface area contributed by atoms with E-state index in [1.807, 2.05) is 42.5 Å². The fraction of sp³-hybridized carbons (Fsp3) is 0. The maximum Gasteiger partial charge on any atom is 0.219 e. The van der Waals surface area contributed by atoms with Gasteiger partial charge in [-0.15, -0.1) is 0 Å². The third-order valence-electron chi connectivity index (χ3n) is 3.09. The molecule has 0 aliphatic rings. The van der Waals surface area contributed by atoms with Gasteiger partial charge in [0.2, 0.25) is 5.88 Å². The number of allylic oxidation sites excluding steroid dienone is 1. The summed E-state index contributed by atoms with van der Waals surface area (Å²) in [4.78, 5) is 13.2. The van der Waals surface area contributed by atoms with Gasteiger partial charge in [0.15, 0.2) is 5.82 Å². The molecule has 0 bridgehead atoms. The van der Waals surface area contributed by atoms with Crippen LogP contribution in [0.1, 0.15) is 0 Å². The molecule has 2 aromatic heterocycles. The minimum Gasteiger partial charge on any atom is -0.439 e. The van der Waals surface area contributed by atoms with Crippen molar-refractivity contribution in [2.75, 3.05) is 0 Å². The molecule has 23 heavy (non-hydrogen) atoms. The second-order valence-corrected chi connectivity index (χ2v) is 4.78. The molecule has 0 N–H and O–H groups in total. The van der Waals surface area contributed by atoms with E-state index in [1.165, 1.54) is 0 Å². The molecular weight excluding hydrogens is 286 g/mol. The lowest BCUT2D eigenvalue weighted by molar-refractivity contribution is 0.463. The molecule has 0 aliphatic carbocycles. The summed E-state index contributed by atoms with van der Waals surface area (Å²) in [5, 5.41) is 1.46. The van der Waals surface area contributed by atoms with Gasteiger partial charge in [0.1, 0.15) is 11.4 Å². The molecule has 4 heteroatoms. The summed E-state index contributed by atoms with van der Waals surface area (Å²) in [5.41, 5.74) is 0.636. The van der Waals surface area contributed by atoms with Gasteiger partial charge < -0.3 is 4.74 Å². The lowest BCUT2D eigenvalue weighted by Crippen LogP contribution is -2.28. The summed E-state index contributed by atoms with van der Waals surface area (Å²) in [6.07, 6.45) is 5.13. The molecular formula is C19H15N3O. The summed E-state index contributed by atoms with van der Waals surface area (Å²) >= 11 is 0. The van der Waals surface area contributed by atoms with Gasteiger partial charge in [-0.3, -0.25) is 0 Å². The van der Waals surface area contributed by atoms with Crippen molar-refractivity contribution in [2.24, 2.45) is 0 Å². The van der Waals surface area contributed by atoms with Crippen LogP contribution in [0.15, 0.2) is 67.4 Å². The lowest BCUT2D eigenvalue weighted by atomic mass is 10.3. The van der Waals surface area contributed by atoms with E-state index in [4.69, 9.17) is 4.74 Å². The fourth-order valence-electron chi connectivity index (χ4n) is 2.00. The quantitative estimate of drug-likeness (QED) is 0.743. The van der Waals surface area contributed by atoms with E-state index >= 15 is 0 Å². The SMILES string of the molecule is C=C/C=c1/nc(-c2cccc(Oc3ccccc3)n2)ncc1=C. The first kappa shape index (κ1) is 14.7. The van der Waals surface area contributed by atoms with Gasteiger partial charge >= 0.3 is 0 Å². The van der Waals surface area contributed by atoms with Crippen LogP contribution in [0.4, 0.5) is 0 Å². The third-order valence-corrected chi connectivity index (χ3v) is 3.09. The molecule has 0 saturated carbocycles. The van der Waals surface area contributed by atoms with Crippen molar-refractivity contribution in [1.82, 2.24) is 15.0 Å². The molecule has 2 heterocycles. The molecule has 0 spiro atoms. The van der Waals surface area contributed by atoms with E-state index in [9.17, 15) is 0 Å². The number of para-hydroxylation sites is 1. The van der Waals surface area contributed by atoms with Crippen LogP contribution in [0.2, 0.25) is 0 Å². The van der Waals surface area contributed by atoms with Crippen LogP contribution >= 0.6 is 0 Å². The van der Waals surface area contributed by atoms with E-state index in [1.54, 1.807) is 24.4 Å². The number of rotatable bonds is 4. The van der Waals surface area contributed by atoms with Crippen LogP contribution in [0.25, 0.3) is 24.2 Å². The van der Waals surface area contributed by atoms with Crippen molar-refractivity contribution in [3.8, 4) is 23.1 Å². The van der Waals surface area contributed by atoms with Crippen molar-refractivity contribution in [3.63, 3.8) is 0 Å². The fourth-order valence-corrected chi connectivity index (χ4v) is 2.00. The third kappa shape index (κ3) is 3.49. The molecule has 3 aromatic rings. The van der Waals surface area contributed by atoms with Crippen LogP contribution in [0.5, 0.6) is 11.6 Å². The van der Waals surface area contributed by atoms with Crippen molar-refractivity contribution in [3.05, 3.63) is 78.0 Å². The summed E-state index contributed by atoms with van der Waals surface area (Å²) in [6, 6.07) is 15.0. The zero-order valence-electron chi connectivity index (χ0n) is 12.5. The molecule has 0 fully saturated rings. The Morgan fingerprint density at radius 1 is 0.957 bits per heavy atom. The molecule has 0 amide bonds. The summed E-state index contributed by atoms with van der Waals surface area (Å²) in [7, 11) is 0. The molecule has 4 nitrogen and oxygen atoms in total. The minimum atomic E-state index is 0.491. The average Bonchev–Trinajstić information content (AvgIpc) is 2.58. The Kier molecular flexibility index (Phi) is 4.25. The number of hydrogen-bond donors (Lipinski definition) is 0. The van der Waals surface area contributed by atoms with Gasteiger partial charge in [-0.25, -0.2) is 15.0 Å². The highest BCUT2D eigenvalue weighted by molar-refractivity contribution is 5.50. The molecule has 0 saturated heterocycles. The lowest BCUT2D eigenvalue weighted by Gasteiger charge is -2.06. The number of nitrogens with zero attached hydrogens (tertiary/aromatic N) is 3. The smallest absolute Gasteiger partial charge is 0.219 e. The molecule has 112 valence electrons. The van der Waals surface area contributed by atoms with E-state index in [2.05, 4.69) is 28.1 Å². The number of pyridine rings is 1. The molecule has 0 unspecified atom stereocenters. The van der Waals surface area contributed by atoms with E-state index in [0.29, 0.717) is 17.4 Å². The monoisotopic (exact) mass is 301 g/mol. The van der Waals surface area contributed by atoms with Gasteiger partial charge in [0.25, 0.3) is 0 Å². The summed E-state index contributed by atoms with van der Waals surface area (Å²) in [5.74, 6) is 1.74. The topological polar surface area (TPSA) is 47.9 Å². The van der Waals surface area contributed by atoms with Gasteiger partial charge in [0.05, 0.1) is 5.35 Å². The first-order valence-corrected chi connectivity index (χ1v) is 7.11. The minimum absolute atomic E-state index is 0.491. The highest BCUT2D eigenvalue weighted by Crippen LogP contribution is 2.21. The average molecular weight is 301 g/mol. The Morgan fingerprint density at radius 3 is 2.57 bits per heavy atom. The molecule has 0 radical (unpaired) electrons. The predicted octanol–water partition coefficient (Wildman–Crippen LogP) is 2.71. The summed E-state index contributed by atoms with van der Waals surface area (Å²) < 4.78 is 5.74. The van der Waals surface area contributed by atoms with Gasteiger partial charge in [-0.1, -0.05) is 43.5 Å². The number of ether oxygens (including phenoxy) is 1. The summed E-state index contributed by atoms with van der Waals surface area (Å²) in [6.45, 7) is 7.58. The van der Waals surface area contributed by atoms with Crippen molar-refractivity contribution in [2.45, 2.75) is 0 Å². The number of benzene rings is 1. The van der Waals surface area contributed by atoms with Gasteiger partial charge in [-0.05, 0) is 24.3 Å². The standard InChI is InChI=1S/C19H15N3O/c1-3-8-16-14(2)13-20-19(22-16)17-11-7-12-18(21-17)23-15-9-5-4-6-10-15/h3-13H,1-2H2/b16-8+. The molecule has 0 aliphatic heterocycles. The Bertz CT molecular complexity index is 936. The van der Waals surface area contributed by atoms with Crippen molar-refractivity contribution >= 4 is 12.7 Å². The Hall–Kier alpha value is -3.27. The zero-order valence-corrected chi connectivity index (χ0v) is 12.5. The first-order chi connectivity index (χ1) is 11.3. The number of aromatic nitrogens is 3. The number of hydrogen-bond acceptors (Lipinski definition) is 4. The Morgan fingerprint density at radius 2 is 1.78 bits per heavy atom. The molecule has 0 atom stereocenters. The largest absolute Gasteiger partial charge is 0.439 e. The zero-order chi connectivity index (χ0) is 16.1. The Labute approximate surface area is 134 Å². The second kappa shape index (κ2) is 6.66. The molecule has 3 rings (SSSR count). The van der Waals surface area contributed by atoms with Crippen LogP contribution < -0.4 is 15.3 Å². The maximum atomic E-state index is 5.74. The van der Waals surface area contributed by atoms with Crippen LogP contribution in [0, 0.1) is 0 Å². The van der Waals surface area contributed by atoms with Crippen LogP contribution in [-0.4, -0.2) is 15.0 Å². The van der Waals surface area contributed by atoms with Gasteiger partial charge in [0, 0.05) is 17.5 Å². The van der Waals surface area contributed by atoms with Crippen LogP contribution in [-0.2, 0) is 0 Å². The predicted molar refractivity (Wildman–Crippen MR) is 91.2 cm³/mol. The van der Waals surface area contributed by atoms with E-state index in [0.717, 1.165) is 16.3 Å². The van der Waals surface area contributed by atoms with E-state index in [-0.39, 0.29) is 0 Å². The first-order valence-electron chi connectivity index (χ1n) is 7.11. The van der Waals surface area contributed by atoms with Gasteiger partial charge in [-0.2, -0.15) is 0 Å². The second-order valence-electron chi connectivity index (χ2n) is 4.78. The van der Waals surface area contributed by atoms with Crippen molar-refractivity contribution in [1.29, 1.82) is 0 Å². The Balaban J connectivity index is 1.97. The highest BCUT2D eigenvalue weighted by atomic mass is 16.5. The van der Waals surface area contributed by atoms with Crippen LogP contribution in [0.3, 0.4) is 0 Å². The molecule has 1 aromatic carbocycles.